The molecule has 0 heterocycles. The van der Waals surface area contributed by atoms with Crippen LogP contribution >= 0.6 is 0 Å². The summed E-state index contributed by atoms with van der Waals surface area (Å²) in [5, 5.41) is 0. The van der Waals surface area contributed by atoms with Crippen LogP contribution in [0.25, 0.3) is 0 Å². The molecule has 0 spiro atoms. The molecule has 34 valence electrons. The fourth-order valence-electron chi connectivity index (χ4n) is 0.214. The Labute approximate surface area is 38.2 Å². The van der Waals surface area contributed by atoms with E-state index in [0.29, 0.717) is 5.70 Å². The zero-order valence-electron chi connectivity index (χ0n) is 3.94. The summed E-state index contributed by atoms with van der Waals surface area (Å²) in [6, 6.07) is 0. The van der Waals surface area contributed by atoms with E-state index < -0.39 is 0 Å². The maximum Gasteiger partial charge on any atom is 0.0237 e. The molecule has 0 aromatic rings. The van der Waals surface area contributed by atoms with E-state index in [0.717, 1.165) is 0 Å². The summed E-state index contributed by atoms with van der Waals surface area (Å²) >= 11 is 0. The molecular formula is C5H9N. The van der Waals surface area contributed by atoms with Gasteiger partial charge in [0, 0.05) is 5.70 Å². The molecule has 0 unspecified atom stereocenters. The molecule has 0 atom stereocenters. The molecule has 0 aromatic heterocycles. The predicted octanol–water partition coefficient (Wildman–Crippen LogP) is 1.03. The van der Waals surface area contributed by atoms with Gasteiger partial charge < -0.3 is 5.73 Å². The Kier molecular flexibility index (Phi) is 2.21. The molecule has 0 aliphatic heterocycles. The number of hydrogen-bond acceptors (Lipinski definition) is 1. The minimum atomic E-state index is 0.609. The first kappa shape index (κ1) is 5.28. The summed E-state index contributed by atoms with van der Waals surface area (Å²) in [7, 11) is 0. The van der Waals surface area contributed by atoms with Crippen molar-refractivity contribution in [3.63, 3.8) is 0 Å². The van der Waals surface area contributed by atoms with Gasteiger partial charge in [-0.2, -0.15) is 0 Å². The van der Waals surface area contributed by atoms with Crippen molar-refractivity contribution in [3.8, 4) is 0 Å². The zero-order chi connectivity index (χ0) is 4.99. The molecule has 2 N–H and O–H groups in total. The first-order valence-electron chi connectivity index (χ1n) is 1.84. The molecule has 0 fully saturated rings. The molecule has 1 nitrogen and oxygen atoms in total. The molecule has 0 saturated heterocycles. The Morgan fingerprint density at radius 3 is 2.33 bits per heavy atom. The van der Waals surface area contributed by atoms with Crippen molar-refractivity contribution < 1.29 is 0 Å². The standard InChI is InChI=1S/C5H9N/c1-3-4-5(2)6/h3-4H,2,6H2,1H3/b4-3-. The lowest BCUT2D eigenvalue weighted by atomic mass is 10.4. The highest BCUT2D eigenvalue weighted by Crippen LogP contribution is 1.75. The van der Waals surface area contributed by atoms with Gasteiger partial charge >= 0.3 is 0 Å². The molecule has 0 bridgehead atoms. The summed E-state index contributed by atoms with van der Waals surface area (Å²) < 4.78 is 0. The van der Waals surface area contributed by atoms with E-state index in [-0.39, 0.29) is 0 Å². The lowest BCUT2D eigenvalue weighted by molar-refractivity contribution is 1.44. The Morgan fingerprint density at radius 1 is 1.83 bits per heavy atom. The quantitative estimate of drug-likeness (QED) is 0.471. The molecule has 6 heavy (non-hydrogen) atoms. The largest absolute Gasteiger partial charge is 0.399 e. The van der Waals surface area contributed by atoms with E-state index in [1.54, 1.807) is 6.08 Å². The highest BCUT2D eigenvalue weighted by Gasteiger charge is 1.63. The fraction of sp³-hybridized carbons (Fsp3) is 0.200. The van der Waals surface area contributed by atoms with Crippen molar-refractivity contribution in [1.82, 2.24) is 0 Å². The van der Waals surface area contributed by atoms with Gasteiger partial charge in [-0.1, -0.05) is 12.7 Å². The Bertz CT molecular complexity index is 72.0. The van der Waals surface area contributed by atoms with Crippen molar-refractivity contribution >= 4 is 0 Å². The molecule has 1 heteroatoms. The van der Waals surface area contributed by atoms with Crippen LogP contribution in [0.1, 0.15) is 6.92 Å². The van der Waals surface area contributed by atoms with E-state index in [1.807, 2.05) is 13.0 Å². The Balaban J connectivity index is 3.30. The predicted molar refractivity (Wildman–Crippen MR) is 28.1 cm³/mol. The van der Waals surface area contributed by atoms with E-state index in [4.69, 9.17) is 5.73 Å². The van der Waals surface area contributed by atoms with Crippen LogP contribution in [-0.2, 0) is 0 Å². The third-order valence-corrected chi connectivity index (χ3v) is 0.381. The van der Waals surface area contributed by atoms with E-state index in [2.05, 4.69) is 6.58 Å². The van der Waals surface area contributed by atoms with Crippen molar-refractivity contribution in [2.45, 2.75) is 6.92 Å². The molecule has 0 aromatic carbocycles. The van der Waals surface area contributed by atoms with Gasteiger partial charge in [0.2, 0.25) is 0 Å². The third-order valence-electron chi connectivity index (χ3n) is 0.381. The minimum Gasteiger partial charge on any atom is -0.399 e. The summed E-state index contributed by atoms with van der Waals surface area (Å²) in [5.74, 6) is 0. The van der Waals surface area contributed by atoms with Gasteiger partial charge in [0.15, 0.2) is 0 Å². The van der Waals surface area contributed by atoms with Gasteiger partial charge in [-0.05, 0) is 13.0 Å². The van der Waals surface area contributed by atoms with Crippen LogP contribution in [0.5, 0.6) is 0 Å². The van der Waals surface area contributed by atoms with E-state index >= 15 is 0 Å². The van der Waals surface area contributed by atoms with Crippen LogP contribution in [0.15, 0.2) is 24.4 Å². The summed E-state index contributed by atoms with van der Waals surface area (Å²) in [6.45, 7) is 5.34. The van der Waals surface area contributed by atoms with Crippen LogP contribution < -0.4 is 5.73 Å². The lowest BCUT2D eigenvalue weighted by Crippen LogP contribution is -1.86. The van der Waals surface area contributed by atoms with Gasteiger partial charge in [0.1, 0.15) is 0 Å². The van der Waals surface area contributed by atoms with Gasteiger partial charge in [0.25, 0.3) is 0 Å². The SMILES string of the molecule is C=C(N)/C=C\C. The van der Waals surface area contributed by atoms with Gasteiger partial charge in [-0.15, -0.1) is 0 Å². The normalized spacial score (nSPS) is 9.50. The van der Waals surface area contributed by atoms with E-state index in [9.17, 15) is 0 Å². The fourth-order valence-corrected chi connectivity index (χ4v) is 0.214. The highest BCUT2D eigenvalue weighted by molar-refractivity contribution is 5.07. The average Bonchev–Trinajstić information content (AvgIpc) is 1.35. The van der Waals surface area contributed by atoms with E-state index in [1.165, 1.54) is 0 Å². The van der Waals surface area contributed by atoms with Gasteiger partial charge in [0.05, 0.1) is 0 Å². The first-order chi connectivity index (χ1) is 2.77. The second-order valence-corrected chi connectivity index (χ2v) is 1.07. The van der Waals surface area contributed by atoms with Crippen molar-refractivity contribution in [1.29, 1.82) is 0 Å². The average molecular weight is 83.1 g/mol. The molecule has 0 aliphatic carbocycles. The smallest absolute Gasteiger partial charge is 0.0237 e. The Hall–Kier alpha value is -0.720. The molecule has 0 aliphatic rings. The second kappa shape index (κ2) is 2.51. The third kappa shape index (κ3) is 3.28. The molecule has 0 amide bonds. The number of hydrogen-bond donors (Lipinski definition) is 1. The maximum atomic E-state index is 5.12. The van der Waals surface area contributed by atoms with Crippen molar-refractivity contribution in [2.75, 3.05) is 0 Å². The number of allylic oxidation sites excluding steroid dienone is 2. The Morgan fingerprint density at radius 2 is 2.33 bits per heavy atom. The molecular weight excluding hydrogens is 74.1 g/mol. The summed E-state index contributed by atoms with van der Waals surface area (Å²) in [5.41, 5.74) is 5.73. The van der Waals surface area contributed by atoms with Gasteiger partial charge in [-0.25, -0.2) is 0 Å². The molecule has 0 rings (SSSR count). The monoisotopic (exact) mass is 83.1 g/mol. The topological polar surface area (TPSA) is 26.0 Å². The molecule has 0 radical (unpaired) electrons. The zero-order valence-corrected chi connectivity index (χ0v) is 3.94. The minimum absolute atomic E-state index is 0.609. The summed E-state index contributed by atoms with van der Waals surface area (Å²) in [6.07, 6.45) is 3.60. The summed E-state index contributed by atoms with van der Waals surface area (Å²) in [4.78, 5) is 0. The van der Waals surface area contributed by atoms with Crippen LogP contribution in [0.3, 0.4) is 0 Å². The van der Waals surface area contributed by atoms with Crippen LogP contribution in [0.2, 0.25) is 0 Å². The van der Waals surface area contributed by atoms with Crippen LogP contribution in [0.4, 0.5) is 0 Å². The van der Waals surface area contributed by atoms with Crippen molar-refractivity contribution in [3.05, 3.63) is 24.4 Å². The lowest BCUT2D eigenvalue weighted by Gasteiger charge is -1.78. The number of rotatable bonds is 1. The maximum absolute atomic E-state index is 5.12. The van der Waals surface area contributed by atoms with Crippen LogP contribution in [0, 0.1) is 0 Å². The molecule has 0 saturated carbocycles. The second-order valence-electron chi connectivity index (χ2n) is 1.07. The van der Waals surface area contributed by atoms with Crippen molar-refractivity contribution in [2.24, 2.45) is 5.73 Å². The van der Waals surface area contributed by atoms with Crippen LogP contribution in [-0.4, -0.2) is 0 Å². The first-order valence-corrected chi connectivity index (χ1v) is 1.84. The number of nitrogens with two attached hydrogens (primary N) is 1. The highest BCUT2D eigenvalue weighted by atomic mass is 14.5. The van der Waals surface area contributed by atoms with Gasteiger partial charge in [-0.3, -0.25) is 0 Å².